The number of aromatic nitrogens is 5. The monoisotopic (exact) mass is 813 g/mol. The minimum absolute atomic E-state index is 0.0593. The van der Waals surface area contributed by atoms with Crippen molar-refractivity contribution < 1.29 is 29.0 Å². The van der Waals surface area contributed by atoms with E-state index in [1.807, 2.05) is 50.4 Å². The van der Waals surface area contributed by atoms with Gasteiger partial charge in [-0.15, -0.1) is 6.58 Å². The van der Waals surface area contributed by atoms with Crippen molar-refractivity contribution in [2.24, 2.45) is 0 Å². The third-order valence-electron chi connectivity index (χ3n) is 11.6. The second-order valence-corrected chi connectivity index (χ2v) is 15.5. The third-order valence-corrected chi connectivity index (χ3v) is 11.6. The molecule has 3 aliphatic rings. The van der Waals surface area contributed by atoms with Gasteiger partial charge in [-0.2, -0.15) is 4.98 Å². The van der Waals surface area contributed by atoms with Crippen molar-refractivity contribution in [3.05, 3.63) is 106 Å². The Bertz CT molecular complexity index is 2580. The van der Waals surface area contributed by atoms with Crippen molar-refractivity contribution in [3.63, 3.8) is 0 Å². The zero-order valence-electron chi connectivity index (χ0n) is 33.6. The molecule has 5 heterocycles. The number of aliphatic hydroxyl groups is 1. The van der Waals surface area contributed by atoms with Crippen molar-refractivity contribution in [2.45, 2.75) is 82.9 Å². The number of unbranched alkanes of at least 4 members (excludes halogenated alkanes) is 3. The van der Waals surface area contributed by atoms with Crippen LogP contribution in [0.25, 0.3) is 16.9 Å². The average molecular weight is 814 g/mol. The lowest BCUT2D eigenvalue weighted by Crippen LogP contribution is -2.54. The Kier molecular flexibility index (Phi) is 11.0. The largest absolute Gasteiger partial charge is 0.493 e. The number of nitrogens with zero attached hydrogens (tertiary/aromatic N) is 7. The molecule has 0 bridgehead atoms. The lowest BCUT2D eigenvalue weighted by Gasteiger charge is -2.27. The summed E-state index contributed by atoms with van der Waals surface area (Å²) in [5, 5.41) is 17.1. The highest BCUT2D eigenvalue weighted by atomic mass is 16.5. The summed E-state index contributed by atoms with van der Waals surface area (Å²) in [5.74, 6) is -1.10. The predicted octanol–water partition coefficient (Wildman–Crippen LogP) is 4.93. The van der Waals surface area contributed by atoms with Crippen LogP contribution in [0.2, 0.25) is 0 Å². The Labute approximate surface area is 345 Å². The second-order valence-electron chi connectivity index (χ2n) is 15.5. The van der Waals surface area contributed by atoms with Crippen molar-refractivity contribution in [1.82, 2.24) is 34.5 Å². The van der Waals surface area contributed by atoms with Gasteiger partial charge in [0.05, 0.1) is 30.0 Å². The van der Waals surface area contributed by atoms with Crippen LogP contribution in [0.5, 0.6) is 5.75 Å². The molecular weight excluding hydrogens is 767 g/mol. The van der Waals surface area contributed by atoms with Crippen LogP contribution in [0.3, 0.4) is 0 Å². The number of amides is 4. The molecule has 3 aromatic heterocycles. The van der Waals surface area contributed by atoms with E-state index in [1.54, 1.807) is 29.0 Å². The Hall–Kier alpha value is -6.68. The molecule has 16 nitrogen and oxygen atoms in total. The van der Waals surface area contributed by atoms with E-state index >= 15 is 0 Å². The quantitative estimate of drug-likeness (QED) is 0.0693. The van der Waals surface area contributed by atoms with E-state index in [0.717, 1.165) is 60.5 Å². The molecule has 4 amide bonds. The number of piperidine rings is 1. The number of carbonyl (C=O) groups excluding carboxylic acids is 4. The predicted molar refractivity (Wildman–Crippen MR) is 224 cm³/mol. The third kappa shape index (κ3) is 7.42. The number of nitrogens with one attached hydrogen (secondary N) is 2. The SMILES string of the molecule is C=CCn1c(=O)c2cnc(Nc3ccc(N(C)CCCCCCOc4cccc5c4C(=O)N(C4CCC(=O)NC4=O)C5=O)cc3)nc2n1-c1ccc2c(n1)C(O)(CC)CC2. The molecule has 3 N–H and O–H groups in total. The van der Waals surface area contributed by atoms with Crippen molar-refractivity contribution in [1.29, 1.82) is 0 Å². The normalized spacial score (nSPS) is 18.4. The molecule has 1 aliphatic carbocycles. The standard InChI is InChI=1S/C44H47N9O7/c1-4-23-51-40(56)31-26-45-43(49-38(31)53(51)34-19-13-27-21-22-44(59,5-2)37(27)47-34)46-28-14-16-29(17-15-28)50(3)24-8-6-7-9-25-60-33-12-10-11-30-36(33)42(58)52(41(30)57)32-18-20-35(54)48-39(32)55/h4,10-17,19,26,32,59H,1,5-9,18,20-25H2,2-3H3,(H,45,46,49)(H,48,54,55). The Morgan fingerprint density at radius 3 is 2.57 bits per heavy atom. The van der Waals surface area contributed by atoms with Gasteiger partial charge in [-0.3, -0.25) is 34.2 Å². The van der Waals surface area contributed by atoms with E-state index in [2.05, 4.69) is 27.1 Å². The highest BCUT2D eigenvalue weighted by Crippen LogP contribution is 2.39. The number of pyridine rings is 1. The van der Waals surface area contributed by atoms with Gasteiger partial charge < -0.3 is 20.1 Å². The number of imide groups is 2. The number of rotatable bonds is 16. The molecule has 60 heavy (non-hydrogen) atoms. The topological polar surface area (TPSA) is 194 Å². The van der Waals surface area contributed by atoms with Gasteiger partial charge in [0, 0.05) is 37.6 Å². The lowest BCUT2D eigenvalue weighted by molar-refractivity contribution is -0.136. The smallest absolute Gasteiger partial charge is 0.278 e. The number of aryl methyl sites for hydroxylation is 1. The summed E-state index contributed by atoms with van der Waals surface area (Å²) in [4.78, 5) is 81.1. The molecule has 1 fully saturated rings. The molecule has 0 saturated carbocycles. The average Bonchev–Trinajstić information content (AvgIpc) is 3.82. The summed E-state index contributed by atoms with van der Waals surface area (Å²) in [7, 11) is 2.04. The Balaban J connectivity index is 0.841. The van der Waals surface area contributed by atoms with Gasteiger partial charge in [0.25, 0.3) is 17.4 Å². The molecule has 2 aromatic carbocycles. The first kappa shape index (κ1) is 40.1. The first-order valence-corrected chi connectivity index (χ1v) is 20.4. The van der Waals surface area contributed by atoms with E-state index in [0.29, 0.717) is 53.7 Å². The summed E-state index contributed by atoms with van der Waals surface area (Å²) in [6.45, 7) is 7.21. The van der Waals surface area contributed by atoms with Crippen LogP contribution in [0.4, 0.5) is 17.3 Å². The molecule has 16 heteroatoms. The second kappa shape index (κ2) is 16.5. The minimum atomic E-state index is -1.03. The molecule has 310 valence electrons. The van der Waals surface area contributed by atoms with Crippen LogP contribution in [0.1, 0.15) is 90.3 Å². The van der Waals surface area contributed by atoms with E-state index in [1.165, 1.54) is 10.9 Å². The number of benzene rings is 2. The molecule has 2 aliphatic heterocycles. The van der Waals surface area contributed by atoms with E-state index < -0.39 is 35.3 Å². The zero-order chi connectivity index (χ0) is 42.1. The summed E-state index contributed by atoms with van der Waals surface area (Å²) >= 11 is 0. The Morgan fingerprint density at radius 1 is 1.00 bits per heavy atom. The van der Waals surface area contributed by atoms with Crippen LogP contribution in [0.15, 0.2) is 78.2 Å². The van der Waals surface area contributed by atoms with Crippen molar-refractivity contribution >= 4 is 52.0 Å². The maximum atomic E-state index is 13.5. The molecule has 2 unspecified atom stereocenters. The Morgan fingerprint density at radius 2 is 1.80 bits per heavy atom. The highest BCUT2D eigenvalue weighted by Gasteiger charge is 2.46. The highest BCUT2D eigenvalue weighted by molar-refractivity contribution is 6.24. The van der Waals surface area contributed by atoms with E-state index in [4.69, 9.17) is 14.7 Å². The van der Waals surface area contributed by atoms with Crippen LogP contribution in [-0.2, 0) is 28.2 Å². The fourth-order valence-corrected chi connectivity index (χ4v) is 8.26. The maximum Gasteiger partial charge on any atom is 0.278 e. The summed E-state index contributed by atoms with van der Waals surface area (Å²) in [6.07, 6.45) is 8.76. The molecule has 0 radical (unpaired) electrons. The van der Waals surface area contributed by atoms with Gasteiger partial charge in [0.2, 0.25) is 17.8 Å². The van der Waals surface area contributed by atoms with Gasteiger partial charge in [-0.05, 0) is 86.6 Å². The summed E-state index contributed by atoms with van der Waals surface area (Å²) in [5.41, 5.74) is 2.91. The zero-order valence-corrected chi connectivity index (χ0v) is 33.6. The van der Waals surface area contributed by atoms with E-state index in [9.17, 15) is 29.1 Å². The summed E-state index contributed by atoms with van der Waals surface area (Å²) < 4.78 is 9.17. The molecule has 5 aromatic rings. The van der Waals surface area contributed by atoms with Gasteiger partial charge >= 0.3 is 0 Å². The molecular formula is C44H47N9O7. The maximum absolute atomic E-state index is 13.5. The van der Waals surface area contributed by atoms with Gasteiger partial charge in [-0.25, -0.2) is 19.3 Å². The fourth-order valence-electron chi connectivity index (χ4n) is 8.26. The number of anilines is 3. The first-order valence-electron chi connectivity index (χ1n) is 20.4. The molecule has 2 atom stereocenters. The fraction of sp³-hybridized carbons (Fsp3) is 0.364. The number of fused-ring (bicyclic) bond motifs is 3. The van der Waals surface area contributed by atoms with Gasteiger partial charge in [0.1, 0.15) is 22.8 Å². The van der Waals surface area contributed by atoms with Crippen molar-refractivity contribution in [3.8, 4) is 11.6 Å². The molecule has 1 saturated heterocycles. The van der Waals surface area contributed by atoms with E-state index in [-0.39, 0.29) is 36.1 Å². The van der Waals surface area contributed by atoms with Crippen LogP contribution in [0, 0.1) is 0 Å². The van der Waals surface area contributed by atoms with Crippen molar-refractivity contribution in [2.75, 3.05) is 30.4 Å². The number of ether oxygens (including phenoxy) is 1. The van der Waals surface area contributed by atoms with Crippen LogP contribution < -0.4 is 25.8 Å². The molecule has 8 rings (SSSR count). The number of allylic oxidation sites excluding steroid dienone is 1. The number of hydrogen-bond donors (Lipinski definition) is 3. The number of carbonyl (C=O) groups is 4. The van der Waals surface area contributed by atoms with Gasteiger partial charge in [-0.1, -0.05) is 38.0 Å². The number of hydrogen-bond acceptors (Lipinski definition) is 12. The minimum Gasteiger partial charge on any atom is -0.493 e. The van der Waals surface area contributed by atoms with Gasteiger partial charge in [0.15, 0.2) is 11.5 Å². The van der Waals surface area contributed by atoms with Crippen LogP contribution in [-0.4, -0.2) is 84.2 Å². The summed E-state index contributed by atoms with van der Waals surface area (Å²) in [6, 6.07) is 15.6. The molecule has 0 spiro atoms. The lowest BCUT2D eigenvalue weighted by atomic mass is 9.98. The first-order chi connectivity index (χ1) is 29.0. The van der Waals surface area contributed by atoms with Crippen LogP contribution >= 0.6 is 0 Å².